The van der Waals surface area contributed by atoms with Gasteiger partial charge in [-0.1, -0.05) is 30.3 Å². The number of halogens is 1. The summed E-state index contributed by atoms with van der Waals surface area (Å²) in [5.41, 5.74) is 2.48. The molecule has 3 heterocycles. The lowest BCUT2D eigenvalue weighted by molar-refractivity contribution is -0.133. The van der Waals surface area contributed by atoms with E-state index in [0.29, 0.717) is 66.0 Å². The molecular weight excluding hydrogens is 665 g/mol. The average Bonchev–Trinajstić information content (AvgIpc) is 3.77. The highest BCUT2D eigenvalue weighted by molar-refractivity contribution is 6.07. The van der Waals surface area contributed by atoms with Crippen LogP contribution in [-0.4, -0.2) is 90.9 Å². The van der Waals surface area contributed by atoms with Crippen LogP contribution in [0.1, 0.15) is 53.0 Å². The highest BCUT2D eigenvalue weighted by Gasteiger charge is 2.48. The second kappa shape index (κ2) is 15.9. The summed E-state index contributed by atoms with van der Waals surface area (Å²) in [4.78, 5) is 61.7. The van der Waals surface area contributed by atoms with E-state index in [2.05, 4.69) is 15.6 Å². The van der Waals surface area contributed by atoms with Gasteiger partial charge in [0.25, 0.3) is 11.8 Å². The molecule has 2 saturated heterocycles. The third-order valence-electron chi connectivity index (χ3n) is 10.1. The first kappa shape index (κ1) is 36.4. The maximum Gasteiger partial charge on any atom is 0.256 e. The SMILES string of the molecule is CNC(=O)C(CCCc1ccccc1)NC(=O)C1CN(C(=O)c2c[nH]c3ccc(F)cc23)CC2CN(C(=O)c3ccc(OC(C)C)c(OC)c3)CC21. The zero-order valence-electron chi connectivity index (χ0n) is 30.0. The molecule has 0 spiro atoms. The number of carbonyl (C=O) groups excluding carboxylic acids is 4. The van der Waals surface area contributed by atoms with Crippen molar-refractivity contribution in [3.63, 3.8) is 0 Å². The standard InChI is InChI=1S/C40H46FN5O6/c1-24(2)52-35-16-13-26(17-36(35)51-4)39(49)45-20-27-21-46(40(50)30-19-43-33-15-14-28(41)18-29(30)33)23-32(31(27)22-45)37(47)44-34(38(48)42-3)12-8-11-25-9-6-5-7-10-25/h5-7,9-10,13-19,24,27,31-32,34,43H,8,11-12,20-23H2,1-4H3,(H,42,48)(H,44,47). The molecule has 1 aromatic heterocycles. The lowest BCUT2D eigenvalue weighted by atomic mass is 9.79. The maximum absolute atomic E-state index is 14.3. The number of likely N-dealkylation sites (N-methyl/N-ethyl adjacent to an activating group) is 1. The molecule has 0 saturated carbocycles. The molecule has 0 bridgehead atoms. The van der Waals surface area contributed by atoms with E-state index >= 15 is 0 Å². The highest BCUT2D eigenvalue weighted by atomic mass is 19.1. The van der Waals surface area contributed by atoms with Gasteiger partial charge >= 0.3 is 0 Å². The summed E-state index contributed by atoms with van der Waals surface area (Å²) in [6, 6.07) is 18.5. The molecule has 3 N–H and O–H groups in total. The molecule has 52 heavy (non-hydrogen) atoms. The molecule has 274 valence electrons. The third kappa shape index (κ3) is 7.90. The second-order valence-electron chi connectivity index (χ2n) is 13.9. The van der Waals surface area contributed by atoms with Crippen LogP contribution in [0.25, 0.3) is 10.9 Å². The molecule has 4 amide bonds. The first-order chi connectivity index (χ1) is 25.1. The summed E-state index contributed by atoms with van der Waals surface area (Å²) >= 11 is 0. The van der Waals surface area contributed by atoms with Gasteiger partial charge in [-0.15, -0.1) is 0 Å². The third-order valence-corrected chi connectivity index (χ3v) is 10.1. The Balaban J connectivity index is 1.25. The molecule has 0 radical (unpaired) electrons. The average molecular weight is 712 g/mol. The second-order valence-corrected chi connectivity index (χ2v) is 13.9. The number of ether oxygens (including phenoxy) is 2. The number of rotatable bonds is 12. The zero-order valence-corrected chi connectivity index (χ0v) is 30.0. The van der Waals surface area contributed by atoms with Gasteiger partial charge in [0.1, 0.15) is 11.9 Å². The van der Waals surface area contributed by atoms with Crippen LogP contribution in [0.5, 0.6) is 11.5 Å². The Labute approximate surface area is 302 Å². The van der Waals surface area contributed by atoms with Crippen molar-refractivity contribution in [2.24, 2.45) is 17.8 Å². The molecule has 11 nitrogen and oxygen atoms in total. The summed E-state index contributed by atoms with van der Waals surface area (Å²) in [7, 11) is 3.06. The number of nitrogens with zero attached hydrogens (tertiary/aromatic N) is 2. The quantitative estimate of drug-likeness (QED) is 0.193. The van der Waals surface area contributed by atoms with E-state index in [0.717, 1.165) is 12.0 Å². The monoisotopic (exact) mass is 711 g/mol. The molecule has 12 heteroatoms. The predicted molar refractivity (Wildman–Crippen MR) is 195 cm³/mol. The van der Waals surface area contributed by atoms with E-state index < -0.39 is 17.8 Å². The van der Waals surface area contributed by atoms with Gasteiger partial charge in [-0.3, -0.25) is 19.2 Å². The van der Waals surface area contributed by atoms with Gasteiger partial charge in [0, 0.05) is 55.9 Å². The fourth-order valence-corrected chi connectivity index (χ4v) is 7.54. The minimum absolute atomic E-state index is 0.0788. The highest BCUT2D eigenvalue weighted by Crippen LogP contribution is 2.38. The molecule has 4 unspecified atom stereocenters. The number of amides is 4. The summed E-state index contributed by atoms with van der Waals surface area (Å²) < 4.78 is 25.6. The smallest absolute Gasteiger partial charge is 0.256 e. The van der Waals surface area contributed by atoms with Crippen molar-refractivity contribution in [2.45, 2.75) is 45.3 Å². The van der Waals surface area contributed by atoms with Gasteiger partial charge in [-0.05, 0) is 86.9 Å². The Morgan fingerprint density at radius 3 is 2.38 bits per heavy atom. The van der Waals surface area contributed by atoms with E-state index in [1.807, 2.05) is 44.2 Å². The van der Waals surface area contributed by atoms with E-state index in [4.69, 9.17) is 9.47 Å². The molecule has 2 aliphatic rings. The van der Waals surface area contributed by atoms with Crippen LogP contribution in [0, 0.1) is 23.6 Å². The van der Waals surface area contributed by atoms with Crippen molar-refractivity contribution in [1.29, 1.82) is 0 Å². The van der Waals surface area contributed by atoms with Crippen LogP contribution in [0.2, 0.25) is 0 Å². The number of aromatic nitrogens is 1. The number of methoxy groups -OCH3 is 1. The number of benzene rings is 3. The van der Waals surface area contributed by atoms with Gasteiger partial charge in [0.15, 0.2) is 11.5 Å². The predicted octanol–water partition coefficient (Wildman–Crippen LogP) is 4.82. The molecule has 2 aliphatic heterocycles. The Morgan fingerprint density at radius 1 is 0.923 bits per heavy atom. The van der Waals surface area contributed by atoms with Gasteiger partial charge in [0.05, 0.1) is 24.7 Å². The van der Waals surface area contributed by atoms with Crippen molar-refractivity contribution < 1.29 is 33.0 Å². The number of nitrogens with one attached hydrogen (secondary N) is 3. The number of hydrogen-bond donors (Lipinski definition) is 3. The molecule has 6 rings (SSSR count). The van der Waals surface area contributed by atoms with Crippen molar-refractivity contribution in [2.75, 3.05) is 40.3 Å². The Bertz CT molecular complexity index is 1930. The number of aromatic amines is 1. The van der Waals surface area contributed by atoms with Crippen LogP contribution < -0.4 is 20.1 Å². The van der Waals surface area contributed by atoms with Gasteiger partial charge in [-0.25, -0.2) is 4.39 Å². The maximum atomic E-state index is 14.3. The molecule has 4 atom stereocenters. The van der Waals surface area contributed by atoms with Crippen LogP contribution >= 0.6 is 0 Å². The number of carbonyl (C=O) groups is 4. The fraction of sp³-hybridized carbons (Fsp3) is 0.400. The zero-order chi connectivity index (χ0) is 36.9. The van der Waals surface area contributed by atoms with Crippen molar-refractivity contribution in [1.82, 2.24) is 25.4 Å². The van der Waals surface area contributed by atoms with E-state index in [1.54, 1.807) is 40.3 Å². The number of H-pyrrole nitrogens is 1. The number of piperidine rings is 1. The summed E-state index contributed by atoms with van der Waals surface area (Å²) in [6.07, 6.45) is 3.33. The van der Waals surface area contributed by atoms with Crippen LogP contribution in [0.3, 0.4) is 0 Å². The molecule has 3 aromatic carbocycles. The van der Waals surface area contributed by atoms with Gasteiger partial charge < -0.3 is 34.9 Å². The largest absolute Gasteiger partial charge is 0.493 e. The van der Waals surface area contributed by atoms with Crippen molar-refractivity contribution in [3.05, 3.63) is 95.4 Å². The molecule has 4 aromatic rings. The number of fused-ring (bicyclic) bond motifs is 2. The molecule has 2 fully saturated rings. The number of hydrogen-bond acceptors (Lipinski definition) is 6. The van der Waals surface area contributed by atoms with E-state index in [-0.39, 0.29) is 48.1 Å². The summed E-state index contributed by atoms with van der Waals surface area (Å²) in [5, 5.41) is 6.13. The summed E-state index contributed by atoms with van der Waals surface area (Å²) in [5.74, 6) is -1.91. The van der Waals surface area contributed by atoms with Crippen molar-refractivity contribution in [3.8, 4) is 11.5 Å². The van der Waals surface area contributed by atoms with E-state index in [1.165, 1.54) is 26.3 Å². The van der Waals surface area contributed by atoms with E-state index in [9.17, 15) is 23.6 Å². The van der Waals surface area contributed by atoms with Crippen molar-refractivity contribution >= 4 is 34.5 Å². The minimum atomic E-state index is -0.777. The van der Waals surface area contributed by atoms with Crippen LogP contribution in [-0.2, 0) is 16.0 Å². The fourth-order valence-electron chi connectivity index (χ4n) is 7.54. The topological polar surface area (TPSA) is 133 Å². The number of likely N-dealkylation sites (tertiary alicyclic amines) is 2. The van der Waals surface area contributed by atoms with Gasteiger partial charge in [-0.2, -0.15) is 0 Å². The molecule has 0 aliphatic carbocycles. The minimum Gasteiger partial charge on any atom is -0.493 e. The molecular formula is C40H46FN5O6. The Morgan fingerprint density at radius 2 is 1.67 bits per heavy atom. The Kier molecular flexibility index (Phi) is 11.1. The number of aryl methyl sites for hydroxylation is 1. The summed E-state index contributed by atoms with van der Waals surface area (Å²) in [6.45, 7) is 4.82. The lowest BCUT2D eigenvalue weighted by Crippen LogP contribution is -2.56. The lowest BCUT2D eigenvalue weighted by Gasteiger charge is -2.39. The van der Waals surface area contributed by atoms with Crippen LogP contribution in [0.15, 0.2) is 72.9 Å². The first-order valence-corrected chi connectivity index (χ1v) is 17.8. The van der Waals surface area contributed by atoms with Gasteiger partial charge in [0.2, 0.25) is 11.8 Å². The normalized spacial score (nSPS) is 18.9. The Hall–Kier alpha value is -5.39. The first-order valence-electron chi connectivity index (χ1n) is 17.8. The van der Waals surface area contributed by atoms with Crippen LogP contribution in [0.4, 0.5) is 4.39 Å².